The average molecular weight is 172 g/mol. The van der Waals surface area contributed by atoms with Crippen molar-refractivity contribution >= 4 is 0 Å². The minimum atomic E-state index is 0.261. The van der Waals surface area contributed by atoms with Crippen LogP contribution in [-0.2, 0) is 0 Å². The fourth-order valence-corrected chi connectivity index (χ4v) is 1.87. The molecule has 1 heterocycles. The molecule has 1 aliphatic heterocycles. The largest absolute Gasteiger partial charge is 0.395 e. The molecule has 72 valence electrons. The number of hydrogen-bond acceptors (Lipinski definition) is 3. The molecule has 1 unspecified atom stereocenters. The Balaban J connectivity index is 2.29. The first-order valence-electron chi connectivity index (χ1n) is 4.93. The van der Waals surface area contributed by atoms with Crippen molar-refractivity contribution in [3.05, 3.63) is 0 Å². The summed E-state index contributed by atoms with van der Waals surface area (Å²) in [6.45, 7) is 3.23. The van der Waals surface area contributed by atoms with Crippen LogP contribution in [0.4, 0.5) is 0 Å². The van der Waals surface area contributed by atoms with E-state index in [1.807, 2.05) is 0 Å². The van der Waals surface area contributed by atoms with Crippen LogP contribution in [0.1, 0.15) is 25.7 Å². The fourth-order valence-electron chi connectivity index (χ4n) is 1.87. The summed E-state index contributed by atoms with van der Waals surface area (Å²) in [6.07, 6.45) is 4.83. The SMILES string of the molecule is NCCC(CO)N1CCCCC1. The molecule has 3 N–H and O–H groups in total. The Labute approximate surface area is 74.5 Å². The molecule has 0 aromatic rings. The standard InChI is InChI=1S/C9H20N2O/c10-5-4-9(8-12)11-6-2-1-3-7-11/h9,12H,1-8,10H2. The summed E-state index contributed by atoms with van der Waals surface area (Å²) in [5.74, 6) is 0. The van der Waals surface area contributed by atoms with Gasteiger partial charge in [-0.25, -0.2) is 0 Å². The number of rotatable bonds is 4. The van der Waals surface area contributed by atoms with Gasteiger partial charge in [0.2, 0.25) is 0 Å². The van der Waals surface area contributed by atoms with Crippen molar-refractivity contribution in [1.29, 1.82) is 0 Å². The zero-order chi connectivity index (χ0) is 8.81. The predicted molar refractivity (Wildman–Crippen MR) is 50.0 cm³/mol. The van der Waals surface area contributed by atoms with Crippen LogP contribution in [-0.4, -0.2) is 42.3 Å². The zero-order valence-electron chi connectivity index (χ0n) is 7.71. The number of hydrogen-bond donors (Lipinski definition) is 2. The van der Waals surface area contributed by atoms with Crippen molar-refractivity contribution in [2.75, 3.05) is 26.2 Å². The summed E-state index contributed by atoms with van der Waals surface area (Å²) >= 11 is 0. The minimum absolute atomic E-state index is 0.261. The molecule has 12 heavy (non-hydrogen) atoms. The van der Waals surface area contributed by atoms with E-state index in [4.69, 9.17) is 10.8 Å². The summed E-state index contributed by atoms with van der Waals surface area (Å²) in [5.41, 5.74) is 5.47. The van der Waals surface area contributed by atoms with Gasteiger partial charge in [-0.3, -0.25) is 4.90 Å². The molecule has 0 aromatic carbocycles. The lowest BCUT2D eigenvalue weighted by Gasteiger charge is -2.33. The third-order valence-electron chi connectivity index (χ3n) is 2.62. The molecule has 1 fully saturated rings. The highest BCUT2D eigenvalue weighted by molar-refractivity contribution is 4.74. The van der Waals surface area contributed by atoms with Crippen molar-refractivity contribution in [3.63, 3.8) is 0 Å². The molecule has 1 rings (SSSR count). The molecule has 0 bridgehead atoms. The van der Waals surface area contributed by atoms with Gasteiger partial charge in [-0.15, -0.1) is 0 Å². The number of nitrogens with zero attached hydrogens (tertiary/aromatic N) is 1. The summed E-state index contributed by atoms with van der Waals surface area (Å²) in [6, 6.07) is 0.315. The van der Waals surface area contributed by atoms with E-state index in [0.29, 0.717) is 12.6 Å². The van der Waals surface area contributed by atoms with Crippen LogP contribution >= 0.6 is 0 Å². The smallest absolute Gasteiger partial charge is 0.0587 e. The number of aliphatic hydroxyl groups excluding tert-OH is 1. The van der Waals surface area contributed by atoms with Gasteiger partial charge in [0.1, 0.15) is 0 Å². The molecule has 0 radical (unpaired) electrons. The molecule has 1 atom stereocenters. The molecule has 1 aliphatic rings. The third kappa shape index (κ3) is 2.73. The normalized spacial score (nSPS) is 22.5. The van der Waals surface area contributed by atoms with Crippen LogP contribution in [0, 0.1) is 0 Å². The van der Waals surface area contributed by atoms with Gasteiger partial charge in [-0.1, -0.05) is 6.42 Å². The molecule has 0 aromatic heterocycles. The predicted octanol–water partition coefficient (Wildman–Crippen LogP) is 0.182. The highest BCUT2D eigenvalue weighted by Gasteiger charge is 2.18. The number of piperidine rings is 1. The van der Waals surface area contributed by atoms with Gasteiger partial charge in [0.25, 0.3) is 0 Å². The quantitative estimate of drug-likeness (QED) is 0.636. The molecule has 1 saturated heterocycles. The van der Waals surface area contributed by atoms with Gasteiger partial charge >= 0.3 is 0 Å². The second-order valence-electron chi connectivity index (χ2n) is 3.51. The maximum Gasteiger partial charge on any atom is 0.0587 e. The average Bonchev–Trinajstić information content (AvgIpc) is 2.15. The number of aliphatic hydroxyl groups is 1. The molecule has 0 saturated carbocycles. The van der Waals surface area contributed by atoms with E-state index in [9.17, 15) is 0 Å². The summed E-state index contributed by atoms with van der Waals surface area (Å²) < 4.78 is 0. The second-order valence-corrected chi connectivity index (χ2v) is 3.51. The van der Waals surface area contributed by atoms with Gasteiger partial charge in [0.15, 0.2) is 0 Å². The van der Waals surface area contributed by atoms with E-state index in [0.717, 1.165) is 19.5 Å². The van der Waals surface area contributed by atoms with Crippen LogP contribution in [0.3, 0.4) is 0 Å². The maximum atomic E-state index is 9.11. The van der Waals surface area contributed by atoms with E-state index in [2.05, 4.69) is 4.90 Å². The van der Waals surface area contributed by atoms with Gasteiger partial charge in [0.05, 0.1) is 6.61 Å². The van der Waals surface area contributed by atoms with Gasteiger partial charge in [-0.2, -0.15) is 0 Å². The summed E-state index contributed by atoms with van der Waals surface area (Å²) in [4.78, 5) is 2.37. The first-order chi connectivity index (χ1) is 5.88. The molecule has 0 spiro atoms. The van der Waals surface area contributed by atoms with Crippen LogP contribution < -0.4 is 5.73 Å². The third-order valence-corrected chi connectivity index (χ3v) is 2.62. The number of nitrogens with two attached hydrogens (primary N) is 1. The Bertz CT molecular complexity index is 110. The van der Waals surface area contributed by atoms with Crippen LogP contribution in [0.15, 0.2) is 0 Å². The Hall–Kier alpha value is -0.120. The van der Waals surface area contributed by atoms with Crippen LogP contribution in [0.5, 0.6) is 0 Å². The van der Waals surface area contributed by atoms with Crippen molar-refractivity contribution in [2.24, 2.45) is 5.73 Å². The highest BCUT2D eigenvalue weighted by Crippen LogP contribution is 2.13. The second kappa shape index (κ2) is 5.51. The molecule has 3 heteroatoms. The lowest BCUT2D eigenvalue weighted by Crippen LogP contribution is -2.42. The number of likely N-dealkylation sites (tertiary alicyclic amines) is 1. The van der Waals surface area contributed by atoms with E-state index >= 15 is 0 Å². The van der Waals surface area contributed by atoms with Crippen LogP contribution in [0.2, 0.25) is 0 Å². The minimum Gasteiger partial charge on any atom is -0.395 e. The monoisotopic (exact) mass is 172 g/mol. The Kier molecular flexibility index (Phi) is 4.58. The van der Waals surface area contributed by atoms with E-state index in [1.54, 1.807) is 0 Å². The molecule has 0 aliphatic carbocycles. The summed E-state index contributed by atoms with van der Waals surface area (Å²) in [5, 5.41) is 9.11. The van der Waals surface area contributed by atoms with E-state index < -0.39 is 0 Å². The summed E-state index contributed by atoms with van der Waals surface area (Å²) in [7, 11) is 0. The van der Waals surface area contributed by atoms with Gasteiger partial charge in [-0.05, 0) is 38.9 Å². The zero-order valence-corrected chi connectivity index (χ0v) is 7.71. The van der Waals surface area contributed by atoms with E-state index in [-0.39, 0.29) is 6.61 Å². The van der Waals surface area contributed by atoms with Crippen molar-refractivity contribution in [2.45, 2.75) is 31.7 Å². The maximum absolute atomic E-state index is 9.11. The molecule has 0 amide bonds. The highest BCUT2D eigenvalue weighted by atomic mass is 16.3. The first-order valence-corrected chi connectivity index (χ1v) is 4.93. The molecular formula is C9H20N2O. The van der Waals surface area contributed by atoms with Crippen molar-refractivity contribution in [3.8, 4) is 0 Å². The van der Waals surface area contributed by atoms with Crippen LogP contribution in [0.25, 0.3) is 0 Å². The Morgan fingerprint density at radius 3 is 2.42 bits per heavy atom. The lowest BCUT2D eigenvalue weighted by molar-refractivity contribution is 0.0998. The van der Waals surface area contributed by atoms with Crippen molar-refractivity contribution in [1.82, 2.24) is 4.90 Å². The molecular weight excluding hydrogens is 152 g/mol. The van der Waals surface area contributed by atoms with Gasteiger partial charge in [0, 0.05) is 6.04 Å². The van der Waals surface area contributed by atoms with Gasteiger partial charge < -0.3 is 10.8 Å². The van der Waals surface area contributed by atoms with E-state index in [1.165, 1.54) is 19.3 Å². The topological polar surface area (TPSA) is 49.5 Å². The molecule has 3 nitrogen and oxygen atoms in total. The first kappa shape index (κ1) is 9.96. The van der Waals surface area contributed by atoms with Crippen molar-refractivity contribution < 1.29 is 5.11 Å². The lowest BCUT2D eigenvalue weighted by atomic mass is 10.1. The Morgan fingerprint density at radius 1 is 1.25 bits per heavy atom. The fraction of sp³-hybridized carbons (Fsp3) is 1.00. The Morgan fingerprint density at radius 2 is 1.92 bits per heavy atom.